The van der Waals surface area contributed by atoms with E-state index in [9.17, 15) is 9.46 Å². The SMILES string of the molecule is CC(C)CCCCCOP(=O)(O)OC(C)C. The fraction of sp³-hybridized carbons (Fsp3) is 1.00. The van der Waals surface area contributed by atoms with Crippen molar-refractivity contribution < 1.29 is 18.5 Å². The fourth-order valence-corrected chi connectivity index (χ4v) is 2.26. The van der Waals surface area contributed by atoms with Gasteiger partial charge in [-0.3, -0.25) is 9.05 Å². The summed E-state index contributed by atoms with van der Waals surface area (Å²) in [6.45, 7) is 8.08. The van der Waals surface area contributed by atoms with Crippen molar-refractivity contribution >= 4 is 7.82 Å². The summed E-state index contributed by atoms with van der Waals surface area (Å²) < 4.78 is 20.9. The van der Waals surface area contributed by atoms with Gasteiger partial charge < -0.3 is 4.89 Å². The molecule has 0 radical (unpaired) electrons. The summed E-state index contributed by atoms with van der Waals surface area (Å²) in [5, 5.41) is 0. The summed E-state index contributed by atoms with van der Waals surface area (Å²) >= 11 is 0. The van der Waals surface area contributed by atoms with Gasteiger partial charge in [-0.25, -0.2) is 4.57 Å². The molecule has 0 rings (SSSR count). The van der Waals surface area contributed by atoms with Crippen LogP contribution in [-0.2, 0) is 13.6 Å². The van der Waals surface area contributed by atoms with Gasteiger partial charge in [0, 0.05) is 0 Å². The standard InChI is InChI=1S/C11H25O4P/c1-10(2)8-6-5-7-9-14-16(12,13)15-11(3)4/h10-11H,5-9H2,1-4H3,(H,12,13). The van der Waals surface area contributed by atoms with Crippen LogP contribution in [0.4, 0.5) is 0 Å². The average Bonchev–Trinajstić information content (AvgIpc) is 2.08. The highest BCUT2D eigenvalue weighted by atomic mass is 31.2. The normalized spacial score (nSPS) is 15.7. The van der Waals surface area contributed by atoms with Gasteiger partial charge >= 0.3 is 7.82 Å². The molecule has 0 amide bonds. The van der Waals surface area contributed by atoms with Crippen molar-refractivity contribution in [1.29, 1.82) is 0 Å². The molecule has 0 heterocycles. The van der Waals surface area contributed by atoms with Crippen LogP contribution in [0.15, 0.2) is 0 Å². The molecule has 0 saturated heterocycles. The van der Waals surface area contributed by atoms with Crippen LogP contribution in [0, 0.1) is 5.92 Å². The van der Waals surface area contributed by atoms with Crippen molar-refractivity contribution in [2.75, 3.05) is 6.61 Å². The molecule has 0 aromatic rings. The number of hydrogen-bond acceptors (Lipinski definition) is 3. The van der Waals surface area contributed by atoms with Gasteiger partial charge in [-0.1, -0.05) is 33.1 Å². The highest BCUT2D eigenvalue weighted by Gasteiger charge is 2.21. The average molecular weight is 252 g/mol. The second-order valence-corrected chi connectivity index (χ2v) is 6.11. The zero-order valence-corrected chi connectivity index (χ0v) is 11.7. The number of rotatable bonds is 9. The minimum atomic E-state index is -3.82. The van der Waals surface area contributed by atoms with Crippen LogP contribution in [0.2, 0.25) is 0 Å². The molecular formula is C11H25O4P. The Morgan fingerprint density at radius 1 is 1.12 bits per heavy atom. The van der Waals surface area contributed by atoms with E-state index in [0.717, 1.165) is 19.3 Å². The van der Waals surface area contributed by atoms with E-state index in [2.05, 4.69) is 13.8 Å². The topological polar surface area (TPSA) is 55.8 Å². The quantitative estimate of drug-likeness (QED) is 0.501. The Hall–Kier alpha value is 0.110. The van der Waals surface area contributed by atoms with E-state index in [-0.39, 0.29) is 6.10 Å². The lowest BCUT2D eigenvalue weighted by Gasteiger charge is -2.14. The third-order valence-electron chi connectivity index (χ3n) is 2.02. The third-order valence-corrected chi connectivity index (χ3v) is 3.22. The molecule has 16 heavy (non-hydrogen) atoms. The van der Waals surface area contributed by atoms with Crippen LogP contribution in [0.25, 0.3) is 0 Å². The maximum Gasteiger partial charge on any atom is 0.472 e. The van der Waals surface area contributed by atoms with Crippen molar-refractivity contribution in [2.45, 2.75) is 59.5 Å². The monoisotopic (exact) mass is 252 g/mol. The maximum absolute atomic E-state index is 11.3. The largest absolute Gasteiger partial charge is 0.472 e. The first-order valence-corrected chi connectivity index (χ1v) is 7.49. The van der Waals surface area contributed by atoms with Gasteiger partial charge in [0.15, 0.2) is 0 Å². The third kappa shape index (κ3) is 10.6. The van der Waals surface area contributed by atoms with Gasteiger partial charge in [0.25, 0.3) is 0 Å². The minimum Gasteiger partial charge on any atom is -0.302 e. The highest BCUT2D eigenvalue weighted by Crippen LogP contribution is 2.44. The van der Waals surface area contributed by atoms with Gasteiger partial charge in [0.1, 0.15) is 0 Å². The van der Waals surface area contributed by atoms with Crippen LogP contribution >= 0.6 is 7.82 Å². The van der Waals surface area contributed by atoms with Crippen LogP contribution < -0.4 is 0 Å². The Morgan fingerprint density at radius 2 is 1.75 bits per heavy atom. The first kappa shape index (κ1) is 16.1. The number of unbranched alkanes of at least 4 members (excludes halogenated alkanes) is 2. The summed E-state index contributed by atoms with van der Waals surface area (Å²) in [7, 11) is -3.82. The summed E-state index contributed by atoms with van der Waals surface area (Å²) in [4.78, 5) is 9.24. The van der Waals surface area contributed by atoms with Crippen LogP contribution in [0.3, 0.4) is 0 Å². The molecule has 1 unspecified atom stereocenters. The molecule has 0 bridgehead atoms. The maximum atomic E-state index is 11.3. The van der Waals surface area contributed by atoms with Crippen LogP contribution in [0.5, 0.6) is 0 Å². The van der Waals surface area contributed by atoms with Crippen molar-refractivity contribution in [2.24, 2.45) is 5.92 Å². The Bertz CT molecular complexity index is 216. The van der Waals surface area contributed by atoms with E-state index in [0.29, 0.717) is 12.5 Å². The van der Waals surface area contributed by atoms with Crippen molar-refractivity contribution in [3.8, 4) is 0 Å². The van der Waals surface area contributed by atoms with Crippen molar-refractivity contribution in [3.63, 3.8) is 0 Å². The van der Waals surface area contributed by atoms with Crippen LogP contribution in [-0.4, -0.2) is 17.6 Å². The first-order chi connectivity index (χ1) is 7.33. The molecule has 98 valence electrons. The lowest BCUT2D eigenvalue weighted by molar-refractivity contribution is 0.119. The molecule has 0 aliphatic rings. The van der Waals surface area contributed by atoms with E-state index >= 15 is 0 Å². The van der Waals surface area contributed by atoms with Gasteiger partial charge in [-0.2, -0.15) is 0 Å². The molecule has 1 atom stereocenters. The van der Waals surface area contributed by atoms with Gasteiger partial charge in [0.05, 0.1) is 12.7 Å². The molecule has 0 aliphatic carbocycles. The smallest absolute Gasteiger partial charge is 0.302 e. The predicted octanol–water partition coefficient (Wildman–Crippen LogP) is 3.74. The Balaban J connectivity index is 3.47. The molecule has 0 fully saturated rings. The molecular weight excluding hydrogens is 227 g/mol. The zero-order valence-electron chi connectivity index (χ0n) is 10.8. The summed E-state index contributed by atoms with van der Waals surface area (Å²) in [6.07, 6.45) is 3.87. The predicted molar refractivity (Wildman–Crippen MR) is 65.3 cm³/mol. The Kier molecular flexibility index (Phi) is 8.29. The van der Waals surface area contributed by atoms with E-state index < -0.39 is 7.82 Å². The Labute approximate surface area is 99.0 Å². The van der Waals surface area contributed by atoms with Crippen molar-refractivity contribution in [1.82, 2.24) is 0 Å². The van der Waals surface area contributed by atoms with E-state index in [1.807, 2.05) is 0 Å². The fourth-order valence-electron chi connectivity index (χ4n) is 1.31. The lowest BCUT2D eigenvalue weighted by Crippen LogP contribution is -2.03. The Morgan fingerprint density at radius 3 is 2.25 bits per heavy atom. The molecule has 4 nitrogen and oxygen atoms in total. The molecule has 0 aromatic carbocycles. The number of hydrogen-bond donors (Lipinski definition) is 1. The van der Waals surface area contributed by atoms with Gasteiger partial charge in [-0.15, -0.1) is 0 Å². The summed E-state index contributed by atoms with van der Waals surface area (Å²) in [6, 6.07) is 0. The molecule has 0 aliphatic heterocycles. The summed E-state index contributed by atoms with van der Waals surface area (Å²) in [5.41, 5.74) is 0. The molecule has 0 saturated carbocycles. The molecule has 0 spiro atoms. The molecule has 5 heteroatoms. The molecule has 0 aromatic heterocycles. The highest BCUT2D eigenvalue weighted by molar-refractivity contribution is 7.47. The second kappa shape index (κ2) is 8.24. The zero-order chi connectivity index (χ0) is 12.6. The second-order valence-electron chi connectivity index (χ2n) is 4.70. The summed E-state index contributed by atoms with van der Waals surface area (Å²) in [5.74, 6) is 0.717. The van der Waals surface area contributed by atoms with Crippen molar-refractivity contribution in [3.05, 3.63) is 0 Å². The number of phosphoric ester groups is 1. The van der Waals surface area contributed by atoms with E-state index in [1.165, 1.54) is 6.42 Å². The molecule has 1 N–H and O–H groups in total. The first-order valence-electron chi connectivity index (χ1n) is 5.99. The van der Waals surface area contributed by atoms with E-state index in [4.69, 9.17) is 9.05 Å². The minimum absolute atomic E-state index is 0.290. The van der Waals surface area contributed by atoms with Crippen LogP contribution in [0.1, 0.15) is 53.4 Å². The van der Waals surface area contributed by atoms with Gasteiger partial charge in [0.2, 0.25) is 0 Å². The lowest BCUT2D eigenvalue weighted by atomic mass is 10.1. The number of phosphoric acid groups is 1. The van der Waals surface area contributed by atoms with E-state index in [1.54, 1.807) is 13.8 Å². The van der Waals surface area contributed by atoms with Gasteiger partial charge in [-0.05, 0) is 26.2 Å².